The molecule has 0 spiro atoms. The Labute approximate surface area is 228 Å². The van der Waals surface area contributed by atoms with Gasteiger partial charge in [-0.1, -0.05) is 54.9 Å². The average Bonchev–Trinajstić information content (AvgIpc) is 3.13. The quantitative estimate of drug-likeness (QED) is 0.228. The van der Waals surface area contributed by atoms with Gasteiger partial charge in [-0.15, -0.1) is 0 Å². The molecule has 0 aliphatic carbocycles. The SMILES string of the molecule is CCCCc1ccc(NC2=C(Sc3ccc(C)cc3)C(=O)N(c3ccc(C(=O)OC(C)C)cc3)C2=O)cc1. The number of nitrogens with zero attached hydrogens (tertiary/aromatic N) is 1. The van der Waals surface area contributed by atoms with Crippen LogP contribution in [0.5, 0.6) is 0 Å². The van der Waals surface area contributed by atoms with Crippen LogP contribution < -0.4 is 10.2 Å². The van der Waals surface area contributed by atoms with Gasteiger partial charge >= 0.3 is 5.97 Å². The first-order valence-electron chi connectivity index (χ1n) is 12.8. The number of aryl methyl sites for hydroxylation is 2. The molecule has 1 aliphatic heterocycles. The van der Waals surface area contributed by atoms with E-state index in [1.165, 1.54) is 17.3 Å². The summed E-state index contributed by atoms with van der Waals surface area (Å²) in [5.41, 5.74) is 4.03. The van der Waals surface area contributed by atoms with Crippen LogP contribution in [0.3, 0.4) is 0 Å². The zero-order valence-electron chi connectivity index (χ0n) is 22.1. The van der Waals surface area contributed by atoms with Crippen molar-refractivity contribution in [2.24, 2.45) is 0 Å². The van der Waals surface area contributed by atoms with Crippen LogP contribution in [0.15, 0.2) is 88.3 Å². The highest BCUT2D eigenvalue weighted by Crippen LogP contribution is 2.38. The number of esters is 1. The average molecular weight is 529 g/mol. The van der Waals surface area contributed by atoms with Crippen molar-refractivity contribution < 1.29 is 19.1 Å². The van der Waals surface area contributed by atoms with Crippen molar-refractivity contribution in [1.29, 1.82) is 0 Å². The molecule has 7 heteroatoms. The molecule has 196 valence electrons. The summed E-state index contributed by atoms with van der Waals surface area (Å²) in [6, 6.07) is 22.1. The van der Waals surface area contributed by atoms with Gasteiger partial charge in [0.15, 0.2) is 0 Å². The molecule has 4 rings (SSSR count). The molecule has 0 saturated heterocycles. The Hall–Kier alpha value is -3.84. The van der Waals surface area contributed by atoms with Crippen LogP contribution in [0.2, 0.25) is 0 Å². The Morgan fingerprint density at radius 3 is 2.18 bits per heavy atom. The molecule has 0 aromatic heterocycles. The molecule has 0 atom stereocenters. The summed E-state index contributed by atoms with van der Waals surface area (Å²) < 4.78 is 5.24. The van der Waals surface area contributed by atoms with Crippen LogP contribution in [0.1, 0.15) is 55.1 Å². The Kier molecular flexibility index (Phi) is 8.69. The Morgan fingerprint density at radius 2 is 1.58 bits per heavy atom. The van der Waals surface area contributed by atoms with Crippen molar-refractivity contribution in [3.63, 3.8) is 0 Å². The minimum absolute atomic E-state index is 0.227. The number of thioether (sulfide) groups is 1. The fraction of sp³-hybridized carbons (Fsp3) is 0.258. The van der Waals surface area contributed by atoms with Gasteiger partial charge in [0.1, 0.15) is 10.6 Å². The molecule has 1 N–H and O–H groups in total. The van der Waals surface area contributed by atoms with Gasteiger partial charge in [0, 0.05) is 10.6 Å². The highest BCUT2D eigenvalue weighted by Gasteiger charge is 2.40. The zero-order chi connectivity index (χ0) is 27.2. The van der Waals surface area contributed by atoms with E-state index in [0.717, 1.165) is 40.3 Å². The van der Waals surface area contributed by atoms with E-state index in [4.69, 9.17) is 4.74 Å². The minimum atomic E-state index is -0.455. The van der Waals surface area contributed by atoms with Crippen LogP contribution in [0, 0.1) is 6.92 Å². The first kappa shape index (κ1) is 27.2. The Morgan fingerprint density at radius 1 is 0.921 bits per heavy atom. The van der Waals surface area contributed by atoms with Crippen LogP contribution in [-0.2, 0) is 20.7 Å². The van der Waals surface area contributed by atoms with E-state index < -0.39 is 17.8 Å². The Bertz CT molecular complexity index is 1340. The fourth-order valence-corrected chi connectivity index (χ4v) is 4.91. The van der Waals surface area contributed by atoms with Gasteiger partial charge in [-0.3, -0.25) is 9.59 Å². The van der Waals surface area contributed by atoms with Crippen molar-refractivity contribution in [3.8, 4) is 0 Å². The number of rotatable bonds is 10. The minimum Gasteiger partial charge on any atom is -0.459 e. The summed E-state index contributed by atoms with van der Waals surface area (Å²) in [5, 5.41) is 3.21. The Balaban J connectivity index is 1.63. The van der Waals surface area contributed by atoms with Crippen molar-refractivity contribution >= 4 is 40.9 Å². The van der Waals surface area contributed by atoms with Gasteiger partial charge in [-0.2, -0.15) is 0 Å². The number of nitrogens with one attached hydrogen (secondary N) is 1. The maximum atomic E-state index is 13.6. The van der Waals surface area contributed by atoms with Gasteiger partial charge in [0.2, 0.25) is 0 Å². The molecule has 6 nitrogen and oxygen atoms in total. The molecule has 1 heterocycles. The number of unbranched alkanes of at least 4 members (excludes halogenated alkanes) is 1. The number of hydrogen-bond acceptors (Lipinski definition) is 6. The summed E-state index contributed by atoms with van der Waals surface area (Å²) in [4.78, 5) is 41.8. The first-order chi connectivity index (χ1) is 18.3. The van der Waals surface area contributed by atoms with E-state index in [9.17, 15) is 14.4 Å². The van der Waals surface area contributed by atoms with Gasteiger partial charge in [0.25, 0.3) is 11.8 Å². The lowest BCUT2D eigenvalue weighted by atomic mass is 10.1. The maximum absolute atomic E-state index is 13.6. The predicted octanol–water partition coefficient (Wildman–Crippen LogP) is 6.89. The number of ether oxygens (including phenoxy) is 1. The molecule has 2 amide bonds. The lowest BCUT2D eigenvalue weighted by Crippen LogP contribution is -2.32. The normalized spacial score (nSPS) is 13.4. The number of anilines is 2. The number of benzene rings is 3. The number of carbonyl (C=O) groups is 3. The third-order valence-electron chi connectivity index (χ3n) is 6.03. The highest BCUT2D eigenvalue weighted by molar-refractivity contribution is 8.04. The molecule has 38 heavy (non-hydrogen) atoms. The first-order valence-corrected chi connectivity index (χ1v) is 13.6. The number of imide groups is 1. The van der Waals surface area contributed by atoms with Crippen LogP contribution >= 0.6 is 11.8 Å². The van der Waals surface area contributed by atoms with E-state index in [0.29, 0.717) is 16.2 Å². The highest BCUT2D eigenvalue weighted by atomic mass is 32.2. The van der Waals surface area contributed by atoms with Crippen molar-refractivity contribution in [3.05, 3.63) is 100 Å². The number of carbonyl (C=O) groups excluding carboxylic acids is 3. The molecular weight excluding hydrogens is 496 g/mol. The molecule has 0 radical (unpaired) electrons. The van der Waals surface area contributed by atoms with Gasteiger partial charge in [0.05, 0.1) is 17.4 Å². The van der Waals surface area contributed by atoms with Crippen LogP contribution in [-0.4, -0.2) is 23.9 Å². The van der Waals surface area contributed by atoms with Crippen molar-refractivity contribution in [2.45, 2.75) is 58.0 Å². The third kappa shape index (κ3) is 6.34. The molecule has 0 bridgehead atoms. The molecule has 3 aromatic carbocycles. The smallest absolute Gasteiger partial charge is 0.338 e. The molecule has 3 aromatic rings. The number of hydrogen-bond donors (Lipinski definition) is 1. The van der Waals surface area contributed by atoms with Crippen LogP contribution in [0.25, 0.3) is 0 Å². The summed E-state index contributed by atoms with van der Waals surface area (Å²) in [6.45, 7) is 7.71. The summed E-state index contributed by atoms with van der Waals surface area (Å²) >= 11 is 1.26. The fourth-order valence-electron chi connectivity index (χ4n) is 3.98. The lowest BCUT2D eigenvalue weighted by Gasteiger charge is -2.16. The second-order valence-electron chi connectivity index (χ2n) is 9.49. The van der Waals surface area contributed by atoms with E-state index in [1.54, 1.807) is 38.1 Å². The van der Waals surface area contributed by atoms with Gasteiger partial charge < -0.3 is 10.1 Å². The van der Waals surface area contributed by atoms with E-state index in [1.807, 2.05) is 55.5 Å². The molecule has 0 saturated carbocycles. The topological polar surface area (TPSA) is 75.7 Å². The molecule has 0 unspecified atom stereocenters. The van der Waals surface area contributed by atoms with Crippen LogP contribution in [0.4, 0.5) is 11.4 Å². The monoisotopic (exact) mass is 528 g/mol. The standard InChI is InChI=1S/C31H32N2O4S/c1-5-6-7-22-10-14-24(15-11-22)32-27-28(38-26-18-8-21(4)9-19-26)30(35)33(29(27)34)25-16-12-23(13-17-25)31(36)37-20(2)3/h8-20,32H,5-7H2,1-4H3. The second kappa shape index (κ2) is 12.1. The van der Waals surface area contributed by atoms with E-state index in [2.05, 4.69) is 12.2 Å². The van der Waals surface area contributed by atoms with E-state index >= 15 is 0 Å². The van der Waals surface area contributed by atoms with Gasteiger partial charge in [-0.25, -0.2) is 9.69 Å². The largest absolute Gasteiger partial charge is 0.459 e. The van der Waals surface area contributed by atoms with Gasteiger partial charge in [-0.05, 0) is 87.7 Å². The third-order valence-corrected chi connectivity index (χ3v) is 7.12. The van der Waals surface area contributed by atoms with Crippen molar-refractivity contribution in [1.82, 2.24) is 0 Å². The molecular formula is C31H32N2O4S. The maximum Gasteiger partial charge on any atom is 0.338 e. The summed E-state index contributed by atoms with van der Waals surface area (Å²) in [6.07, 6.45) is 2.99. The second-order valence-corrected chi connectivity index (χ2v) is 10.6. The van der Waals surface area contributed by atoms with Crippen molar-refractivity contribution in [2.75, 3.05) is 10.2 Å². The zero-order valence-corrected chi connectivity index (χ0v) is 22.9. The summed E-state index contributed by atoms with van der Waals surface area (Å²) in [5.74, 6) is -1.32. The molecule has 1 aliphatic rings. The predicted molar refractivity (Wildman–Crippen MR) is 152 cm³/mol. The summed E-state index contributed by atoms with van der Waals surface area (Å²) in [7, 11) is 0. The molecule has 0 fully saturated rings. The van der Waals surface area contributed by atoms with E-state index in [-0.39, 0.29) is 11.8 Å². The lowest BCUT2D eigenvalue weighted by molar-refractivity contribution is -0.120. The number of amides is 2.